The minimum absolute atomic E-state index is 0. The minimum Gasteiger partial charge on any atom is -0.309 e. The van der Waals surface area contributed by atoms with Crippen LogP contribution >= 0.6 is 24.0 Å². The van der Waals surface area contributed by atoms with Crippen molar-refractivity contribution >= 4 is 40.5 Å². The third-order valence-electron chi connectivity index (χ3n) is 4.31. The van der Waals surface area contributed by atoms with Crippen molar-refractivity contribution in [1.29, 1.82) is 0 Å². The highest BCUT2D eigenvalue weighted by Gasteiger charge is 2.09. The number of benzene rings is 2. The monoisotopic (exact) mass is 444 g/mol. The number of imidazole rings is 1. The zero-order valence-electron chi connectivity index (χ0n) is 14.4. The summed E-state index contributed by atoms with van der Waals surface area (Å²) in [5.74, 6) is 0.759. The molecule has 0 radical (unpaired) electrons. The van der Waals surface area contributed by atoms with Crippen LogP contribution in [-0.4, -0.2) is 39.9 Å². The SMILES string of the molecule is CN(C)CCc1ccnc2nc(-c3ccc4ccccc4c3)cn12.I. The van der Waals surface area contributed by atoms with Gasteiger partial charge >= 0.3 is 0 Å². The Morgan fingerprint density at radius 2 is 1.80 bits per heavy atom. The van der Waals surface area contributed by atoms with Gasteiger partial charge in [0, 0.05) is 36.6 Å². The molecule has 4 aromatic rings. The molecular weight excluding hydrogens is 423 g/mol. The van der Waals surface area contributed by atoms with E-state index in [0.717, 1.165) is 30.0 Å². The smallest absolute Gasteiger partial charge is 0.234 e. The normalized spacial score (nSPS) is 11.2. The summed E-state index contributed by atoms with van der Waals surface area (Å²) in [6.07, 6.45) is 4.91. The summed E-state index contributed by atoms with van der Waals surface area (Å²) >= 11 is 0. The number of aromatic nitrogens is 3. The molecule has 0 atom stereocenters. The molecule has 0 bridgehead atoms. The molecule has 0 unspecified atom stereocenters. The van der Waals surface area contributed by atoms with Gasteiger partial charge in [-0.3, -0.25) is 4.40 Å². The van der Waals surface area contributed by atoms with Gasteiger partial charge in [0.15, 0.2) is 0 Å². The first-order valence-electron chi connectivity index (χ1n) is 8.17. The lowest BCUT2D eigenvalue weighted by molar-refractivity contribution is 0.411. The molecule has 2 aromatic carbocycles. The van der Waals surface area contributed by atoms with Crippen molar-refractivity contribution in [2.75, 3.05) is 20.6 Å². The van der Waals surface area contributed by atoms with Crippen LogP contribution in [0.5, 0.6) is 0 Å². The molecule has 4 rings (SSSR count). The number of rotatable bonds is 4. The second-order valence-electron chi connectivity index (χ2n) is 6.35. The third kappa shape index (κ3) is 3.67. The average Bonchev–Trinajstić information content (AvgIpc) is 3.04. The molecular formula is C20H21IN4. The van der Waals surface area contributed by atoms with Gasteiger partial charge in [-0.05, 0) is 37.0 Å². The van der Waals surface area contributed by atoms with E-state index in [9.17, 15) is 0 Å². The van der Waals surface area contributed by atoms with Gasteiger partial charge in [0.25, 0.3) is 0 Å². The fraction of sp³-hybridized carbons (Fsp3) is 0.200. The van der Waals surface area contributed by atoms with Crippen LogP contribution in [0, 0.1) is 0 Å². The summed E-state index contributed by atoms with van der Waals surface area (Å²) in [5.41, 5.74) is 3.32. The van der Waals surface area contributed by atoms with E-state index in [1.165, 1.54) is 16.5 Å². The summed E-state index contributed by atoms with van der Waals surface area (Å²) in [7, 11) is 4.18. The lowest BCUT2D eigenvalue weighted by atomic mass is 10.1. The molecule has 2 aromatic heterocycles. The number of hydrogen-bond acceptors (Lipinski definition) is 3. The van der Waals surface area contributed by atoms with Crippen LogP contribution < -0.4 is 0 Å². The Morgan fingerprint density at radius 3 is 2.60 bits per heavy atom. The van der Waals surface area contributed by atoms with E-state index in [0.29, 0.717) is 0 Å². The Balaban J connectivity index is 0.00000182. The van der Waals surface area contributed by atoms with E-state index in [4.69, 9.17) is 4.98 Å². The zero-order chi connectivity index (χ0) is 16.5. The number of halogens is 1. The summed E-state index contributed by atoms with van der Waals surface area (Å²) in [4.78, 5) is 11.3. The predicted molar refractivity (Wildman–Crippen MR) is 114 cm³/mol. The van der Waals surface area contributed by atoms with Crippen molar-refractivity contribution in [2.24, 2.45) is 0 Å². The van der Waals surface area contributed by atoms with E-state index in [1.54, 1.807) is 0 Å². The Bertz CT molecular complexity index is 1010. The molecule has 0 N–H and O–H groups in total. The molecule has 0 aliphatic rings. The van der Waals surface area contributed by atoms with Crippen LogP contribution in [0.15, 0.2) is 60.9 Å². The molecule has 4 nitrogen and oxygen atoms in total. The Hall–Kier alpha value is -1.99. The van der Waals surface area contributed by atoms with Crippen LogP contribution in [0.3, 0.4) is 0 Å². The van der Waals surface area contributed by atoms with Gasteiger partial charge in [-0.2, -0.15) is 0 Å². The van der Waals surface area contributed by atoms with Crippen LogP contribution in [0.2, 0.25) is 0 Å². The predicted octanol–water partition coefficient (Wildman–Crippen LogP) is 4.27. The first kappa shape index (κ1) is 17.8. The van der Waals surface area contributed by atoms with Crippen molar-refractivity contribution in [1.82, 2.24) is 19.3 Å². The maximum atomic E-state index is 4.72. The molecule has 0 aliphatic carbocycles. The molecule has 0 amide bonds. The molecule has 0 aliphatic heterocycles. The maximum Gasteiger partial charge on any atom is 0.234 e. The standard InChI is InChI=1S/C20H20N4.HI/c1-23(2)12-10-18-9-11-21-20-22-19(14-24(18)20)17-8-7-15-5-3-4-6-16(15)13-17;/h3-9,11,13-14H,10,12H2,1-2H3;1H. The van der Waals surface area contributed by atoms with Crippen LogP contribution in [0.25, 0.3) is 27.8 Å². The highest BCUT2D eigenvalue weighted by molar-refractivity contribution is 14.0. The zero-order valence-corrected chi connectivity index (χ0v) is 16.7. The number of likely N-dealkylation sites (N-methyl/N-ethyl adjacent to an activating group) is 1. The van der Waals surface area contributed by atoms with Gasteiger partial charge in [0.2, 0.25) is 5.78 Å². The van der Waals surface area contributed by atoms with Gasteiger partial charge in [-0.25, -0.2) is 9.97 Å². The molecule has 0 saturated carbocycles. The molecule has 0 saturated heterocycles. The third-order valence-corrected chi connectivity index (χ3v) is 4.31. The van der Waals surface area contributed by atoms with Crippen molar-refractivity contribution in [3.63, 3.8) is 0 Å². The summed E-state index contributed by atoms with van der Waals surface area (Å²) in [5, 5.41) is 2.47. The molecule has 128 valence electrons. The van der Waals surface area contributed by atoms with Gasteiger partial charge in [-0.1, -0.05) is 36.4 Å². The van der Waals surface area contributed by atoms with Crippen molar-refractivity contribution in [2.45, 2.75) is 6.42 Å². The van der Waals surface area contributed by atoms with E-state index in [1.807, 2.05) is 6.20 Å². The summed E-state index contributed by atoms with van der Waals surface area (Å²) in [6, 6.07) is 16.9. The fourth-order valence-corrected chi connectivity index (χ4v) is 2.97. The van der Waals surface area contributed by atoms with Crippen LogP contribution in [0.4, 0.5) is 0 Å². The fourth-order valence-electron chi connectivity index (χ4n) is 2.97. The summed E-state index contributed by atoms with van der Waals surface area (Å²) in [6.45, 7) is 1.00. The topological polar surface area (TPSA) is 33.4 Å². The van der Waals surface area contributed by atoms with Gasteiger partial charge < -0.3 is 4.90 Å². The number of hydrogen-bond donors (Lipinski definition) is 0. The Kier molecular flexibility index (Phi) is 5.34. The largest absolute Gasteiger partial charge is 0.309 e. The Morgan fingerprint density at radius 1 is 1.00 bits per heavy atom. The second kappa shape index (κ2) is 7.49. The van der Waals surface area contributed by atoms with E-state index >= 15 is 0 Å². The van der Waals surface area contributed by atoms with Crippen molar-refractivity contribution in [3.05, 3.63) is 66.6 Å². The maximum absolute atomic E-state index is 4.72. The van der Waals surface area contributed by atoms with Gasteiger partial charge in [0.05, 0.1) is 5.69 Å². The van der Waals surface area contributed by atoms with Crippen molar-refractivity contribution in [3.8, 4) is 11.3 Å². The first-order chi connectivity index (χ1) is 11.7. The molecule has 0 spiro atoms. The van der Waals surface area contributed by atoms with E-state index < -0.39 is 0 Å². The molecule has 5 heteroatoms. The van der Waals surface area contributed by atoms with Gasteiger partial charge in [-0.15, -0.1) is 24.0 Å². The average molecular weight is 444 g/mol. The van der Waals surface area contributed by atoms with Crippen molar-refractivity contribution < 1.29 is 0 Å². The van der Waals surface area contributed by atoms with Gasteiger partial charge in [0.1, 0.15) is 0 Å². The molecule has 0 fully saturated rings. The Labute approximate surface area is 164 Å². The second-order valence-corrected chi connectivity index (χ2v) is 6.35. The minimum atomic E-state index is 0. The first-order valence-corrected chi connectivity index (χ1v) is 8.17. The number of nitrogens with zero attached hydrogens (tertiary/aromatic N) is 4. The van der Waals surface area contributed by atoms with E-state index in [-0.39, 0.29) is 24.0 Å². The quantitative estimate of drug-likeness (QED) is 0.441. The lowest BCUT2D eigenvalue weighted by Gasteiger charge is -2.10. The van der Waals surface area contributed by atoms with Crippen LogP contribution in [0.1, 0.15) is 5.69 Å². The molecule has 2 heterocycles. The van der Waals surface area contributed by atoms with E-state index in [2.05, 4.69) is 83.1 Å². The lowest BCUT2D eigenvalue weighted by Crippen LogP contribution is -2.16. The molecule has 25 heavy (non-hydrogen) atoms. The summed E-state index contributed by atoms with van der Waals surface area (Å²) < 4.78 is 2.11. The van der Waals surface area contributed by atoms with Crippen LogP contribution in [-0.2, 0) is 6.42 Å². The highest BCUT2D eigenvalue weighted by atomic mass is 127. The number of fused-ring (bicyclic) bond motifs is 2. The highest BCUT2D eigenvalue weighted by Crippen LogP contribution is 2.24.